The molecule has 0 unspecified atom stereocenters. The van der Waals surface area contributed by atoms with E-state index in [0.717, 1.165) is 11.1 Å². The highest BCUT2D eigenvalue weighted by molar-refractivity contribution is 6.33. The molecule has 9 nitrogen and oxygen atoms in total. The van der Waals surface area contributed by atoms with Crippen molar-refractivity contribution in [1.29, 1.82) is 0 Å². The molecule has 1 aliphatic rings. The van der Waals surface area contributed by atoms with Crippen LogP contribution < -0.4 is 5.32 Å². The third kappa shape index (κ3) is 7.84. The second-order valence-corrected chi connectivity index (χ2v) is 8.34. The van der Waals surface area contributed by atoms with Gasteiger partial charge in [0.25, 0.3) is 0 Å². The number of hydrogen-bond donors (Lipinski definition) is 2. The summed E-state index contributed by atoms with van der Waals surface area (Å²) < 4.78 is 10.5. The minimum absolute atomic E-state index is 0.0695. The largest absolute Gasteiger partial charge is 0.508 e. The molecule has 186 valence electrons. The lowest BCUT2D eigenvalue weighted by atomic mass is 10.0. The van der Waals surface area contributed by atoms with E-state index in [1.807, 2.05) is 30.3 Å². The van der Waals surface area contributed by atoms with Crippen LogP contribution in [0.25, 0.3) is 0 Å². The van der Waals surface area contributed by atoms with Crippen LogP contribution in [0.15, 0.2) is 54.6 Å². The van der Waals surface area contributed by atoms with Crippen molar-refractivity contribution in [2.75, 3.05) is 13.1 Å². The third-order valence-electron chi connectivity index (χ3n) is 5.76. The first-order chi connectivity index (χ1) is 16.9. The van der Waals surface area contributed by atoms with Crippen molar-refractivity contribution in [1.82, 2.24) is 10.2 Å². The minimum atomic E-state index is -0.886. The van der Waals surface area contributed by atoms with Gasteiger partial charge in [0.1, 0.15) is 24.5 Å². The Kier molecular flexibility index (Phi) is 9.23. The monoisotopic (exact) mass is 482 g/mol. The molecule has 2 N–H and O–H groups in total. The second-order valence-electron chi connectivity index (χ2n) is 8.34. The first-order valence-corrected chi connectivity index (χ1v) is 11.6. The van der Waals surface area contributed by atoms with Crippen LogP contribution in [0, 0.1) is 0 Å². The number of Topliss-reactive ketones (excluding diaryl/α,β-unsaturated/α-hetero) is 1. The van der Waals surface area contributed by atoms with Crippen LogP contribution in [0.5, 0.6) is 5.75 Å². The quantitative estimate of drug-likeness (QED) is 0.416. The number of ether oxygens (including phenoxy) is 2. The highest BCUT2D eigenvalue weighted by Crippen LogP contribution is 2.18. The van der Waals surface area contributed by atoms with Crippen molar-refractivity contribution in [2.45, 2.75) is 51.4 Å². The number of esters is 1. The van der Waals surface area contributed by atoms with Crippen molar-refractivity contribution in [3.8, 4) is 5.75 Å². The molecule has 1 fully saturated rings. The number of phenolic OH excluding ortho intramolecular Hbond substituents is 1. The number of piperidine rings is 1. The van der Waals surface area contributed by atoms with Crippen molar-refractivity contribution < 1.29 is 33.8 Å². The Morgan fingerprint density at radius 1 is 1.00 bits per heavy atom. The summed E-state index contributed by atoms with van der Waals surface area (Å²) >= 11 is 0. The summed E-state index contributed by atoms with van der Waals surface area (Å²) in [6.45, 7) is 2.31. The molecule has 0 aliphatic carbocycles. The fraction of sp³-hybridized carbons (Fsp3) is 0.385. The van der Waals surface area contributed by atoms with Gasteiger partial charge in [-0.15, -0.1) is 0 Å². The van der Waals surface area contributed by atoms with Crippen LogP contribution >= 0.6 is 0 Å². The molecule has 0 spiro atoms. The lowest BCUT2D eigenvalue weighted by Crippen LogP contribution is -2.52. The van der Waals surface area contributed by atoms with E-state index in [4.69, 9.17) is 9.47 Å². The molecule has 0 saturated carbocycles. The number of aromatic hydroxyl groups is 1. The van der Waals surface area contributed by atoms with E-state index < -0.39 is 30.0 Å². The molecule has 2 amide bonds. The van der Waals surface area contributed by atoms with Gasteiger partial charge in [-0.3, -0.25) is 9.59 Å². The molecular formula is C26H30N2O7. The summed E-state index contributed by atoms with van der Waals surface area (Å²) in [4.78, 5) is 50.6. The summed E-state index contributed by atoms with van der Waals surface area (Å²) in [5, 5.41) is 12.2. The predicted molar refractivity (Wildman–Crippen MR) is 126 cm³/mol. The molecule has 1 aliphatic heterocycles. The second kappa shape index (κ2) is 12.5. The zero-order valence-electron chi connectivity index (χ0n) is 19.6. The molecule has 1 atom stereocenters. The van der Waals surface area contributed by atoms with E-state index in [1.54, 1.807) is 24.0 Å². The van der Waals surface area contributed by atoms with Gasteiger partial charge >= 0.3 is 12.1 Å². The minimum Gasteiger partial charge on any atom is -0.508 e. The van der Waals surface area contributed by atoms with Gasteiger partial charge in [-0.1, -0.05) is 49.4 Å². The van der Waals surface area contributed by atoms with Crippen LogP contribution in [0.3, 0.4) is 0 Å². The lowest BCUT2D eigenvalue weighted by Gasteiger charge is -2.34. The van der Waals surface area contributed by atoms with Gasteiger partial charge in [-0.05, 0) is 23.3 Å². The van der Waals surface area contributed by atoms with Crippen LogP contribution in [-0.4, -0.2) is 59.0 Å². The van der Waals surface area contributed by atoms with Gasteiger partial charge in [-0.2, -0.15) is 0 Å². The average Bonchev–Trinajstić information content (AvgIpc) is 2.88. The molecule has 35 heavy (non-hydrogen) atoms. The van der Waals surface area contributed by atoms with Crippen LogP contribution in [0.4, 0.5) is 4.79 Å². The van der Waals surface area contributed by atoms with Gasteiger partial charge in [0.15, 0.2) is 0 Å². The van der Waals surface area contributed by atoms with Crippen molar-refractivity contribution in [2.24, 2.45) is 0 Å². The highest BCUT2D eigenvalue weighted by Gasteiger charge is 2.31. The van der Waals surface area contributed by atoms with E-state index in [1.165, 1.54) is 12.1 Å². The number of phenols is 1. The molecule has 2 aromatic rings. The number of carbonyl (C=O) groups is 4. The molecule has 0 aromatic heterocycles. The topological polar surface area (TPSA) is 122 Å². The summed E-state index contributed by atoms with van der Waals surface area (Å²) in [7, 11) is 0. The Morgan fingerprint density at radius 3 is 2.29 bits per heavy atom. The van der Waals surface area contributed by atoms with E-state index in [-0.39, 0.29) is 31.1 Å². The standard InChI is InChI=1S/C26H30N2O7/c1-2-23(30)25(32)35-21-12-14-28(15-13-21)24(31)22(16-18-8-10-20(29)11-9-18)27-26(33)34-17-19-6-4-3-5-7-19/h3-11,21-22,29H,2,12-17H2,1H3,(H,27,33)/t22-/m0/s1. The van der Waals surface area contributed by atoms with E-state index >= 15 is 0 Å². The smallest absolute Gasteiger partial charge is 0.408 e. The summed E-state index contributed by atoms with van der Waals surface area (Å²) in [6.07, 6.45) is -0.0486. The summed E-state index contributed by atoms with van der Waals surface area (Å²) in [5.41, 5.74) is 1.58. The Balaban J connectivity index is 1.61. The average molecular weight is 483 g/mol. The summed E-state index contributed by atoms with van der Waals surface area (Å²) in [5.74, 6) is -1.60. The molecule has 9 heteroatoms. The van der Waals surface area contributed by atoms with E-state index in [9.17, 15) is 24.3 Å². The van der Waals surface area contributed by atoms with Gasteiger partial charge < -0.3 is 24.8 Å². The van der Waals surface area contributed by atoms with Crippen molar-refractivity contribution in [3.63, 3.8) is 0 Å². The maximum absolute atomic E-state index is 13.3. The first kappa shape index (κ1) is 25.7. The Labute approximate surface area is 204 Å². The zero-order valence-corrected chi connectivity index (χ0v) is 19.6. The molecule has 1 heterocycles. The number of rotatable bonds is 9. The van der Waals surface area contributed by atoms with E-state index in [2.05, 4.69) is 5.32 Å². The fourth-order valence-electron chi connectivity index (χ4n) is 3.75. The number of nitrogens with zero attached hydrogens (tertiary/aromatic N) is 1. The maximum Gasteiger partial charge on any atom is 0.408 e. The molecular weight excluding hydrogens is 452 g/mol. The number of ketones is 1. The zero-order chi connectivity index (χ0) is 25.2. The lowest BCUT2D eigenvalue weighted by molar-refractivity contribution is -0.160. The molecule has 3 rings (SSSR count). The van der Waals surface area contributed by atoms with Crippen molar-refractivity contribution in [3.05, 3.63) is 65.7 Å². The number of likely N-dealkylation sites (tertiary alicyclic amines) is 1. The Morgan fingerprint density at radius 2 is 1.66 bits per heavy atom. The van der Waals surface area contributed by atoms with Crippen molar-refractivity contribution >= 4 is 23.8 Å². The van der Waals surface area contributed by atoms with Crippen LogP contribution in [-0.2, 0) is 36.9 Å². The highest BCUT2D eigenvalue weighted by atomic mass is 16.6. The van der Waals surface area contributed by atoms with Crippen LogP contribution in [0.2, 0.25) is 0 Å². The van der Waals surface area contributed by atoms with E-state index in [0.29, 0.717) is 25.9 Å². The van der Waals surface area contributed by atoms with Gasteiger partial charge in [0, 0.05) is 38.8 Å². The van der Waals surface area contributed by atoms with Crippen LogP contribution in [0.1, 0.15) is 37.3 Å². The molecule has 1 saturated heterocycles. The first-order valence-electron chi connectivity index (χ1n) is 11.6. The number of carbonyl (C=O) groups excluding carboxylic acids is 4. The number of hydrogen-bond acceptors (Lipinski definition) is 7. The van der Waals surface area contributed by atoms with Gasteiger partial charge in [0.05, 0.1) is 0 Å². The predicted octanol–water partition coefficient (Wildman–Crippen LogP) is 2.74. The number of amides is 2. The third-order valence-corrected chi connectivity index (χ3v) is 5.76. The molecule has 2 aromatic carbocycles. The number of benzene rings is 2. The molecule has 0 bridgehead atoms. The van der Waals surface area contributed by atoms with Gasteiger partial charge in [-0.25, -0.2) is 9.59 Å². The molecule has 0 radical (unpaired) electrons. The SMILES string of the molecule is CCC(=O)C(=O)OC1CCN(C(=O)[C@H](Cc2ccc(O)cc2)NC(=O)OCc2ccccc2)CC1. The van der Waals surface area contributed by atoms with Gasteiger partial charge in [0.2, 0.25) is 11.7 Å². The Bertz CT molecular complexity index is 1020. The number of alkyl carbamates (subject to hydrolysis) is 1. The fourth-order valence-corrected chi connectivity index (χ4v) is 3.75. The normalized spacial score (nSPS) is 14.6. The Hall–Kier alpha value is -3.88. The maximum atomic E-state index is 13.3. The summed E-state index contributed by atoms with van der Waals surface area (Å²) in [6, 6.07) is 14.7. The number of nitrogens with one attached hydrogen (secondary N) is 1.